The lowest BCUT2D eigenvalue weighted by atomic mass is 9.96. The summed E-state index contributed by atoms with van der Waals surface area (Å²) in [6.07, 6.45) is 6.57. The van der Waals surface area contributed by atoms with Crippen LogP contribution in [0, 0.1) is 6.92 Å². The summed E-state index contributed by atoms with van der Waals surface area (Å²) in [5.41, 5.74) is 6.36. The zero-order valence-electron chi connectivity index (χ0n) is 16.8. The lowest BCUT2D eigenvalue weighted by Gasteiger charge is -2.26. The summed E-state index contributed by atoms with van der Waals surface area (Å²) in [6.45, 7) is 2.20. The second-order valence-corrected chi connectivity index (χ2v) is 7.36. The number of pyridine rings is 1. The smallest absolute Gasteiger partial charge is 0.255 e. The van der Waals surface area contributed by atoms with Gasteiger partial charge in [-0.1, -0.05) is 6.07 Å². The van der Waals surface area contributed by atoms with Crippen molar-refractivity contribution in [2.75, 3.05) is 11.9 Å². The van der Waals surface area contributed by atoms with Crippen LogP contribution in [-0.4, -0.2) is 33.6 Å². The molecule has 3 aromatic rings. The summed E-state index contributed by atoms with van der Waals surface area (Å²) >= 11 is 0. The van der Waals surface area contributed by atoms with Gasteiger partial charge >= 0.3 is 0 Å². The molecular formula is C22H23N5O2. The maximum atomic E-state index is 12.4. The SMILES string of the molecule is Cc1nn(C)cc1C(=O)NCc1cncc(-c2ccc3c(c2)CCC(=O)N3C)c1. The summed E-state index contributed by atoms with van der Waals surface area (Å²) in [7, 11) is 3.61. The van der Waals surface area contributed by atoms with Crippen molar-refractivity contribution in [2.45, 2.75) is 26.3 Å². The van der Waals surface area contributed by atoms with Crippen molar-refractivity contribution in [3.8, 4) is 11.1 Å². The number of hydrogen-bond acceptors (Lipinski definition) is 4. The number of rotatable bonds is 4. The first-order valence-corrected chi connectivity index (χ1v) is 9.54. The first-order chi connectivity index (χ1) is 13.9. The normalized spacial score (nSPS) is 13.3. The van der Waals surface area contributed by atoms with Gasteiger partial charge in [0.15, 0.2) is 0 Å². The molecule has 1 aliphatic rings. The van der Waals surface area contributed by atoms with Crippen molar-refractivity contribution in [2.24, 2.45) is 7.05 Å². The van der Waals surface area contributed by atoms with Gasteiger partial charge in [0.2, 0.25) is 5.91 Å². The highest BCUT2D eigenvalue weighted by Crippen LogP contribution is 2.31. The van der Waals surface area contributed by atoms with Crippen LogP contribution in [0.1, 0.15) is 33.6 Å². The number of aromatic nitrogens is 3. The van der Waals surface area contributed by atoms with Gasteiger partial charge in [-0.05, 0) is 48.2 Å². The fourth-order valence-electron chi connectivity index (χ4n) is 3.68. The number of hydrogen-bond donors (Lipinski definition) is 1. The Bertz CT molecular complexity index is 1100. The van der Waals surface area contributed by atoms with Gasteiger partial charge in [0.25, 0.3) is 5.91 Å². The first-order valence-electron chi connectivity index (χ1n) is 9.54. The molecule has 0 atom stereocenters. The zero-order chi connectivity index (χ0) is 20.5. The average Bonchev–Trinajstić information content (AvgIpc) is 3.07. The maximum Gasteiger partial charge on any atom is 0.255 e. The van der Waals surface area contributed by atoms with Gasteiger partial charge in [-0.2, -0.15) is 5.10 Å². The van der Waals surface area contributed by atoms with Gasteiger partial charge in [0.1, 0.15) is 0 Å². The van der Waals surface area contributed by atoms with E-state index in [2.05, 4.69) is 21.5 Å². The third kappa shape index (κ3) is 3.76. The highest BCUT2D eigenvalue weighted by molar-refractivity contribution is 5.96. The van der Waals surface area contributed by atoms with E-state index < -0.39 is 0 Å². The van der Waals surface area contributed by atoms with Crippen LogP contribution in [0.15, 0.2) is 42.9 Å². The van der Waals surface area contributed by atoms with Crippen molar-refractivity contribution < 1.29 is 9.59 Å². The lowest BCUT2D eigenvalue weighted by molar-refractivity contribution is -0.118. The third-order valence-electron chi connectivity index (χ3n) is 5.26. The summed E-state index contributed by atoms with van der Waals surface area (Å²) in [4.78, 5) is 30.3. The van der Waals surface area contributed by atoms with E-state index in [1.807, 2.05) is 38.4 Å². The third-order valence-corrected chi connectivity index (χ3v) is 5.26. The summed E-state index contributed by atoms with van der Waals surface area (Å²) < 4.78 is 1.63. The molecule has 0 spiro atoms. The quantitative estimate of drug-likeness (QED) is 0.744. The van der Waals surface area contributed by atoms with E-state index in [0.29, 0.717) is 24.2 Å². The van der Waals surface area contributed by atoms with Crippen molar-refractivity contribution in [3.05, 3.63) is 65.2 Å². The molecule has 29 heavy (non-hydrogen) atoms. The molecule has 148 valence electrons. The molecule has 1 N–H and O–H groups in total. The molecule has 1 aromatic carbocycles. The number of benzene rings is 1. The molecule has 7 nitrogen and oxygen atoms in total. The number of anilines is 1. The predicted octanol–water partition coefficient (Wildman–Crippen LogP) is 2.63. The van der Waals surface area contributed by atoms with Crippen LogP contribution < -0.4 is 10.2 Å². The second kappa shape index (κ2) is 7.50. The minimum atomic E-state index is -0.150. The predicted molar refractivity (Wildman–Crippen MR) is 111 cm³/mol. The molecule has 1 aliphatic heterocycles. The standard InChI is InChI=1S/C22H23N5O2/c1-14-19(13-26(2)25-14)22(29)24-11-15-8-18(12-23-10-15)16-4-6-20-17(9-16)5-7-21(28)27(20)3/h4,6,8-10,12-13H,5,7,11H2,1-3H3,(H,24,29). The fraction of sp³-hybridized carbons (Fsp3) is 0.273. The number of amides is 2. The van der Waals surface area contributed by atoms with Gasteiger partial charge in [0.05, 0.1) is 11.3 Å². The number of aryl methyl sites for hydroxylation is 3. The molecule has 0 radical (unpaired) electrons. The van der Waals surface area contributed by atoms with Crippen LogP contribution in [0.25, 0.3) is 11.1 Å². The molecule has 0 unspecified atom stereocenters. The number of carbonyl (C=O) groups is 2. The average molecular weight is 389 g/mol. The monoisotopic (exact) mass is 389 g/mol. The summed E-state index contributed by atoms with van der Waals surface area (Å²) in [5, 5.41) is 7.14. The van der Waals surface area contributed by atoms with E-state index in [9.17, 15) is 9.59 Å². The Morgan fingerprint density at radius 1 is 1.14 bits per heavy atom. The number of carbonyl (C=O) groups excluding carboxylic acids is 2. The van der Waals surface area contributed by atoms with Gasteiger partial charge in [-0.25, -0.2) is 0 Å². The lowest BCUT2D eigenvalue weighted by Crippen LogP contribution is -2.30. The van der Waals surface area contributed by atoms with Crippen molar-refractivity contribution in [1.82, 2.24) is 20.1 Å². The highest BCUT2D eigenvalue weighted by Gasteiger charge is 2.21. The molecule has 0 saturated heterocycles. The van der Waals surface area contributed by atoms with Crippen LogP contribution in [-0.2, 0) is 24.8 Å². The van der Waals surface area contributed by atoms with E-state index in [1.54, 1.807) is 29.0 Å². The molecule has 0 bridgehead atoms. The number of nitrogens with zero attached hydrogens (tertiary/aromatic N) is 4. The number of nitrogens with one attached hydrogen (secondary N) is 1. The Hall–Kier alpha value is -3.48. The Morgan fingerprint density at radius 2 is 1.97 bits per heavy atom. The molecular weight excluding hydrogens is 366 g/mol. The van der Waals surface area contributed by atoms with E-state index in [0.717, 1.165) is 34.4 Å². The zero-order valence-corrected chi connectivity index (χ0v) is 16.8. The van der Waals surface area contributed by atoms with Crippen LogP contribution in [0.3, 0.4) is 0 Å². The van der Waals surface area contributed by atoms with E-state index in [1.165, 1.54) is 0 Å². The van der Waals surface area contributed by atoms with Gasteiger partial charge in [-0.15, -0.1) is 0 Å². The topological polar surface area (TPSA) is 80.1 Å². The number of fused-ring (bicyclic) bond motifs is 1. The molecule has 7 heteroatoms. The van der Waals surface area contributed by atoms with Crippen LogP contribution in [0.2, 0.25) is 0 Å². The second-order valence-electron chi connectivity index (χ2n) is 7.36. The van der Waals surface area contributed by atoms with Crippen molar-refractivity contribution >= 4 is 17.5 Å². The van der Waals surface area contributed by atoms with E-state index >= 15 is 0 Å². The van der Waals surface area contributed by atoms with Crippen LogP contribution in [0.4, 0.5) is 5.69 Å². The molecule has 0 saturated carbocycles. The first kappa shape index (κ1) is 18.9. The van der Waals surface area contributed by atoms with Crippen LogP contribution >= 0.6 is 0 Å². The highest BCUT2D eigenvalue weighted by atomic mass is 16.2. The van der Waals surface area contributed by atoms with E-state index in [-0.39, 0.29) is 11.8 Å². The Labute approximate surface area is 169 Å². The molecule has 3 heterocycles. The van der Waals surface area contributed by atoms with Gasteiger partial charge in [0, 0.05) is 56.9 Å². The molecule has 4 rings (SSSR count). The maximum absolute atomic E-state index is 12.4. The largest absolute Gasteiger partial charge is 0.348 e. The summed E-state index contributed by atoms with van der Waals surface area (Å²) in [5.74, 6) is -0.00371. The molecule has 2 aromatic heterocycles. The van der Waals surface area contributed by atoms with Crippen LogP contribution in [0.5, 0.6) is 0 Å². The Balaban J connectivity index is 1.51. The molecule has 2 amide bonds. The van der Waals surface area contributed by atoms with E-state index in [4.69, 9.17) is 0 Å². The molecule has 0 aliphatic carbocycles. The minimum absolute atomic E-state index is 0.147. The van der Waals surface area contributed by atoms with Gasteiger partial charge in [-0.3, -0.25) is 19.3 Å². The van der Waals surface area contributed by atoms with Crippen molar-refractivity contribution in [1.29, 1.82) is 0 Å². The Morgan fingerprint density at radius 3 is 2.72 bits per heavy atom. The van der Waals surface area contributed by atoms with Crippen molar-refractivity contribution in [3.63, 3.8) is 0 Å². The molecule has 0 fully saturated rings. The minimum Gasteiger partial charge on any atom is -0.348 e. The fourth-order valence-corrected chi connectivity index (χ4v) is 3.68. The Kier molecular flexibility index (Phi) is 4.88. The van der Waals surface area contributed by atoms with Gasteiger partial charge < -0.3 is 10.2 Å². The summed E-state index contributed by atoms with van der Waals surface area (Å²) in [6, 6.07) is 8.15.